The van der Waals surface area contributed by atoms with E-state index >= 15 is 0 Å². The van der Waals surface area contributed by atoms with Crippen molar-refractivity contribution in [3.63, 3.8) is 0 Å². The predicted molar refractivity (Wildman–Crippen MR) is 121 cm³/mol. The molecule has 0 bridgehead atoms. The molecule has 172 valence electrons. The maximum Gasteiger partial charge on any atom is 0.305 e. The Kier molecular flexibility index (Phi) is 22.4. The highest BCUT2D eigenvalue weighted by atomic mass is 16.5. The van der Waals surface area contributed by atoms with Gasteiger partial charge in [-0.05, 0) is 25.7 Å². The van der Waals surface area contributed by atoms with Crippen LogP contribution < -0.4 is 0 Å². The molecule has 29 heavy (non-hydrogen) atoms. The zero-order valence-corrected chi connectivity index (χ0v) is 19.5. The lowest BCUT2D eigenvalue weighted by molar-refractivity contribution is -0.144. The summed E-state index contributed by atoms with van der Waals surface area (Å²) in [5.74, 6) is -0.0823. The van der Waals surface area contributed by atoms with Gasteiger partial charge in [-0.25, -0.2) is 0 Å². The van der Waals surface area contributed by atoms with Gasteiger partial charge in [0.1, 0.15) is 0 Å². The Hall–Kier alpha value is -1.06. The summed E-state index contributed by atoms with van der Waals surface area (Å²) in [6.45, 7) is 5.55. The molecule has 4 heteroatoms. The van der Waals surface area contributed by atoms with Crippen LogP contribution in [-0.4, -0.2) is 25.2 Å². The number of hydrogen-bond donors (Lipinski definition) is 0. The molecule has 0 aromatic rings. The van der Waals surface area contributed by atoms with Crippen LogP contribution in [0.2, 0.25) is 0 Å². The Morgan fingerprint density at radius 1 is 0.448 bits per heavy atom. The molecule has 0 aliphatic carbocycles. The Morgan fingerprint density at radius 3 is 1.14 bits per heavy atom. The first-order chi connectivity index (χ1) is 14.2. The highest BCUT2D eigenvalue weighted by Gasteiger charge is 2.04. The lowest BCUT2D eigenvalue weighted by Crippen LogP contribution is -2.06. The zero-order valence-electron chi connectivity index (χ0n) is 19.5. The Balaban J connectivity index is 3.24. The SMILES string of the molecule is CCCCCCCCOC(=O)CCCCCCCCOC(=O)CCCCCCC. The minimum absolute atomic E-state index is 0.0408. The van der Waals surface area contributed by atoms with E-state index in [9.17, 15) is 9.59 Å². The van der Waals surface area contributed by atoms with Crippen LogP contribution >= 0.6 is 0 Å². The largest absolute Gasteiger partial charge is 0.466 e. The van der Waals surface area contributed by atoms with Crippen LogP contribution in [0.5, 0.6) is 0 Å². The van der Waals surface area contributed by atoms with Crippen LogP contribution in [0.25, 0.3) is 0 Å². The number of carbonyl (C=O) groups is 2. The van der Waals surface area contributed by atoms with Gasteiger partial charge in [0.05, 0.1) is 13.2 Å². The molecule has 0 amide bonds. The number of hydrogen-bond acceptors (Lipinski definition) is 4. The van der Waals surface area contributed by atoms with Crippen molar-refractivity contribution in [3.05, 3.63) is 0 Å². The fourth-order valence-corrected chi connectivity index (χ4v) is 3.35. The van der Waals surface area contributed by atoms with E-state index in [1.165, 1.54) is 51.4 Å². The van der Waals surface area contributed by atoms with Crippen molar-refractivity contribution in [1.29, 1.82) is 0 Å². The molecule has 0 N–H and O–H groups in total. The van der Waals surface area contributed by atoms with E-state index in [2.05, 4.69) is 13.8 Å². The van der Waals surface area contributed by atoms with E-state index in [0.29, 0.717) is 26.1 Å². The molecular weight excluding hydrogens is 364 g/mol. The van der Waals surface area contributed by atoms with Crippen LogP contribution in [0, 0.1) is 0 Å². The Bertz CT molecular complexity index is 368. The first-order valence-corrected chi connectivity index (χ1v) is 12.5. The fraction of sp³-hybridized carbons (Fsp3) is 0.920. The van der Waals surface area contributed by atoms with E-state index in [1.807, 2.05) is 0 Å². The molecule has 0 spiro atoms. The molecule has 0 rings (SSSR count). The number of rotatable bonds is 22. The molecule has 0 unspecified atom stereocenters. The van der Waals surface area contributed by atoms with Crippen LogP contribution in [-0.2, 0) is 19.1 Å². The average Bonchev–Trinajstić information content (AvgIpc) is 2.71. The third-order valence-electron chi connectivity index (χ3n) is 5.28. The quantitative estimate of drug-likeness (QED) is 0.136. The lowest BCUT2D eigenvalue weighted by atomic mass is 10.1. The Morgan fingerprint density at radius 2 is 0.759 bits per heavy atom. The zero-order chi connectivity index (χ0) is 21.4. The second-order valence-corrected chi connectivity index (χ2v) is 8.24. The van der Waals surface area contributed by atoms with E-state index in [0.717, 1.165) is 57.8 Å². The minimum atomic E-state index is -0.0415. The maximum atomic E-state index is 11.7. The molecule has 0 aliphatic rings. The molecule has 0 radical (unpaired) electrons. The first-order valence-electron chi connectivity index (χ1n) is 12.5. The standard InChI is InChI=1S/C25H48O4/c1-3-5-7-9-14-18-22-28-25(27)21-17-13-10-11-15-19-23-29-24(26)20-16-12-8-6-4-2/h3-23H2,1-2H3. The lowest BCUT2D eigenvalue weighted by Gasteiger charge is -2.06. The maximum absolute atomic E-state index is 11.7. The minimum Gasteiger partial charge on any atom is -0.466 e. The van der Waals surface area contributed by atoms with Gasteiger partial charge < -0.3 is 9.47 Å². The molecular formula is C25H48O4. The normalized spacial score (nSPS) is 10.8. The van der Waals surface area contributed by atoms with Crippen LogP contribution in [0.3, 0.4) is 0 Å². The van der Waals surface area contributed by atoms with Gasteiger partial charge in [-0.1, -0.05) is 97.3 Å². The first kappa shape index (κ1) is 27.9. The smallest absolute Gasteiger partial charge is 0.305 e. The van der Waals surface area contributed by atoms with Gasteiger partial charge in [0.2, 0.25) is 0 Å². The summed E-state index contributed by atoms with van der Waals surface area (Å²) < 4.78 is 10.6. The number of ether oxygens (including phenoxy) is 2. The third-order valence-corrected chi connectivity index (χ3v) is 5.28. The topological polar surface area (TPSA) is 52.6 Å². The number of unbranched alkanes of at least 4 members (excludes halogenated alkanes) is 14. The van der Waals surface area contributed by atoms with Crippen LogP contribution in [0.15, 0.2) is 0 Å². The molecule has 0 aromatic carbocycles. The van der Waals surface area contributed by atoms with Crippen molar-refractivity contribution < 1.29 is 19.1 Å². The molecule has 0 aromatic heterocycles. The van der Waals surface area contributed by atoms with Gasteiger partial charge in [-0.2, -0.15) is 0 Å². The third kappa shape index (κ3) is 23.1. The summed E-state index contributed by atoms with van der Waals surface area (Å²) in [6.07, 6.45) is 20.5. The van der Waals surface area contributed by atoms with Gasteiger partial charge >= 0.3 is 11.9 Å². The predicted octanol–water partition coefficient (Wildman–Crippen LogP) is 7.52. The fourth-order valence-electron chi connectivity index (χ4n) is 3.35. The second-order valence-electron chi connectivity index (χ2n) is 8.24. The molecule has 0 saturated heterocycles. The van der Waals surface area contributed by atoms with Crippen molar-refractivity contribution in [2.24, 2.45) is 0 Å². The summed E-state index contributed by atoms with van der Waals surface area (Å²) in [4.78, 5) is 23.3. The van der Waals surface area contributed by atoms with Crippen molar-refractivity contribution >= 4 is 11.9 Å². The van der Waals surface area contributed by atoms with Gasteiger partial charge in [0.25, 0.3) is 0 Å². The van der Waals surface area contributed by atoms with Crippen molar-refractivity contribution in [3.8, 4) is 0 Å². The van der Waals surface area contributed by atoms with Crippen molar-refractivity contribution in [2.75, 3.05) is 13.2 Å². The monoisotopic (exact) mass is 412 g/mol. The van der Waals surface area contributed by atoms with Gasteiger partial charge in [0, 0.05) is 12.8 Å². The molecule has 0 atom stereocenters. The van der Waals surface area contributed by atoms with E-state index < -0.39 is 0 Å². The highest BCUT2D eigenvalue weighted by Crippen LogP contribution is 2.10. The van der Waals surface area contributed by atoms with E-state index in [-0.39, 0.29) is 11.9 Å². The molecule has 0 heterocycles. The van der Waals surface area contributed by atoms with Crippen LogP contribution in [0.4, 0.5) is 0 Å². The van der Waals surface area contributed by atoms with Crippen molar-refractivity contribution in [2.45, 2.75) is 136 Å². The van der Waals surface area contributed by atoms with E-state index in [4.69, 9.17) is 9.47 Å². The summed E-state index contributed by atoms with van der Waals surface area (Å²) in [6, 6.07) is 0. The molecule has 0 saturated carbocycles. The summed E-state index contributed by atoms with van der Waals surface area (Å²) in [5, 5.41) is 0. The highest BCUT2D eigenvalue weighted by molar-refractivity contribution is 5.69. The van der Waals surface area contributed by atoms with Gasteiger partial charge in [-0.15, -0.1) is 0 Å². The summed E-state index contributed by atoms with van der Waals surface area (Å²) in [5.41, 5.74) is 0. The molecule has 4 nitrogen and oxygen atoms in total. The van der Waals surface area contributed by atoms with Gasteiger partial charge in [0.15, 0.2) is 0 Å². The number of carbonyl (C=O) groups excluding carboxylic acids is 2. The van der Waals surface area contributed by atoms with Crippen molar-refractivity contribution in [1.82, 2.24) is 0 Å². The van der Waals surface area contributed by atoms with Crippen LogP contribution in [0.1, 0.15) is 136 Å². The number of esters is 2. The summed E-state index contributed by atoms with van der Waals surface area (Å²) >= 11 is 0. The Labute approximate surface area is 180 Å². The van der Waals surface area contributed by atoms with E-state index in [1.54, 1.807) is 0 Å². The summed E-state index contributed by atoms with van der Waals surface area (Å²) in [7, 11) is 0. The molecule has 0 fully saturated rings. The molecule has 0 aliphatic heterocycles. The van der Waals surface area contributed by atoms with Gasteiger partial charge in [-0.3, -0.25) is 9.59 Å². The second kappa shape index (κ2) is 23.2. The average molecular weight is 413 g/mol.